The molecule has 1 aliphatic rings. The van der Waals surface area contributed by atoms with Gasteiger partial charge >= 0.3 is 6.01 Å². The standard InChI is InChI=1S/C21H28N6O2/c1-2-3-10-29-21-24-19(22)20-23-14-18(27(20)25-21)13-16-4-6-17(7-5-16)15-26-8-11-28-12-9-26/h4-7,14H,2-3,8-13,15H2,1H3,(H2,22,24,25). The van der Waals surface area contributed by atoms with E-state index in [0.717, 1.165) is 51.4 Å². The molecular weight excluding hydrogens is 368 g/mol. The molecule has 0 aliphatic carbocycles. The van der Waals surface area contributed by atoms with Gasteiger partial charge < -0.3 is 15.2 Å². The molecule has 0 unspecified atom stereocenters. The van der Waals surface area contributed by atoms with Crippen LogP contribution in [0.1, 0.15) is 36.6 Å². The summed E-state index contributed by atoms with van der Waals surface area (Å²) in [6.07, 6.45) is 4.52. The molecule has 3 aromatic rings. The van der Waals surface area contributed by atoms with Crippen LogP contribution in [0.15, 0.2) is 30.5 Å². The van der Waals surface area contributed by atoms with Gasteiger partial charge in [0.1, 0.15) is 0 Å². The van der Waals surface area contributed by atoms with Crippen molar-refractivity contribution in [1.29, 1.82) is 0 Å². The van der Waals surface area contributed by atoms with Gasteiger partial charge in [-0.05, 0) is 17.5 Å². The molecule has 1 saturated heterocycles. The number of hydrogen-bond acceptors (Lipinski definition) is 7. The molecule has 1 fully saturated rings. The second-order valence-electron chi connectivity index (χ2n) is 7.35. The summed E-state index contributed by atoms with van der Waals surface area (Å²) < 4.78 is 12.8. The first-order chi connectivity index (χ1) is 14.2. The fourth-order valence-corrected chi connectivity index (χ4v) is 3.41. The highest BCUT2D eigenvalue weighted by Gasteiger charge is 2.13. The molecule has 0 bridgehead atoms. The van der Waals surface area contributed by atoms with Crippen molar-refractivity contribution >= 4 is 11.5 Å². The maximum absolute atomic E-state index is 6.05. The van der Waals surface area contributed by atoms with Gasteiger partial charge in [-0.2, -0.15) is 4.98 Å². The first-order valence-corrected chi connectivity index (χ1v) is 10.2. The Hall–Kier alpha value is -2.71. The predicted molar refractivity (Wildman–Crippen MR) is 111 cm³/mol. The van der Waals surface area contributed by atoms with Crippen LogP contribution in [-0.2, 0) is 17.7 Å². The molecule has 8 nitrogen and oxygen atoms in total. The minimum absolute atomic E-state index is 0.295. The third-order valence-electron chi connectivity index (χ3n) is 5.09. The number of fused-ring (bicyclic) bond motifs is 1. The number of anilines is 1. The van der Waals surface area contributed by atoms with Gasteiger partial charge in [-0.1, -0.05) is 37.6 Å². The van der Waals surface area contributed by atoms with Crippen molar-refractivity contribution in [3.8, 4) is 6.01 Å². The van der Waals surface area contributed by atoms with Gasteiger partial charge in [0.05, 0.1) is 31.7 Å². The summed E-state index contributed by atoms with van der Waals surface area (Å²) in [6.45, 7) is 7.28. The molecule has 0 saturated carbocycles. The third kappa shape index (κ3) is 4.83. The Morgan fingerprint density at radius 1 is 1.14 bits per heavy atom. The Labute approximate surface area is 170 Å². The average molecular weight is 396 g/mol. The fourth-order valence-electron chi connectivity index (χ4n) is 3.41. The van der Waals surface area contributed by atoms with Gasteiger partial charge in [0, 0.05) is 26.1 Å². The molecule has 0 spiro atoms. The van der Waals surface area contributed by atoms with Gasteiger partial charge in [0.15, 0.2) is 11.5 Å². The van der Waals surface area contributed by atoms with Gasteiger partial charge in [-0.15, -0.1) is 5.10 Å². The molecule has 4 rings (SSSR count). The zero-order valence-corrected chi connectivity index (χ0v) is 16.9. The molecule has 3 heterocycles. The van der Waals surface area contributed by atoms with Crippen LogP contribution in [0.4, 0.5) is 5.82 Å². The number of unbranched alkanes of at least 4 members (excludes halogenated alkanes) is 1. The molecule has 8 heteroatoms. The van der Waals surface area contributed by atoms with E-state index in [1.807, 2.05) is 0 Å². The number of ether oxygens (including phenoxy) is 2. The van der Waals surface area contributed by atoms with Crippen molar-refractivity contribution in [2.24, 2.45) is 0 Å². The number of rotatable bonds is 8. The van der Waals surface area contributed by atoms with Gasteiger partial charge in [0.2, 0.25) is 0 Å². The van der Waals surface area contributed by atoms with Gasteiger partial charge in [0.25, 0.3) is 0 Å². The van der Waals surface area contributed by atoms with Crippen LogP contribution in [0, 0.1) is 0 Å². The Balaban J connectivity index is 1.46. The number of nitrogen functional groups attached to an aromatic ring is 1. The monoisotopic (exact) mass is 396 g/mol. The van der Waals surface area contributed by atoms with Crippen molar-refractivity contribution in [3.05, 3.63) is 47.3 Å². The number of hydrogen-bond donors (Lipinski definition) is 1. The molecule has 2 aromatic heterocycles. The largest absolute Gasteiger partial charge is 0.462 e. The summed E-state index contributed by atoms with van der Waals surface area (Å²) in [5, 5.41) is 4.48. The summed E-state index contributed by atoms with van der Waals surface area (Å²) in [4.78, 5) is 11.0. The fraction of sp³-hybridized carbons (Fsp3) is 0.476. The quantitative estimate of drug-likeness (QED) is 0.584. The highest BCUT2D eigenvalue weighted by molar-refractivity contribution is 5.59. The molecular formula is C21H28N6O2. The van der Waals surface area contributed by atoms with Crippen LogP contribution in [0.3, 0.4) is 0 Å². The van der Waals surface area contributed by atoms with E-state index in [9.17, 15) is 0 Å². The minimum atomic E-state index is 0.295. The van der Waals surface area contributed by atoms with Crippen LogP contribution >= 0.6 is 0 Å². The van der Waals surface area contributed by atoms with Crippen molar-refractivity contribution in [1.82, 2.24) is 24.5 Å². The number of nitrogens with zero attached hydrogens (tertiary/aromatic N) is 5. The molecule has 2 N–H and O–H groups in total. The normalized spacial score (nSPS) is 15.1. The average Bonchev–Trinajstić information content (AvgIpc) is 3.14. The van der Waals surface area contributed by atoms with Crippen molar-refractivity contribution < 1.29 is 9.47 Å². The zero-order valence-electron chi connectivity index (χ0n) is 16.9. The first-order valence-electron chi connectivity index (χ1n) is 10.2. The van der Waals surface area contributed by atoms with Crippen molar-refractivity contribution in [2.75, 3.05) is 38.6 Å². The number of benzene rings is 1. The molecule has 0 radical (unpaired) electrons. The summed E-state index contributed by atoms with van der Waals surface area (Å²) in [7, 11) is 0. The summed E-state index contributed by atoms with van der Waals surface area (Å²) in [6, 6.07) is 9.01. The highest BCUT2D eigenvalue weighted by atomic mass is 16.5. The minimum Gasteiger partial charge on any atom is -0.462 e. The Kier molecular flexibility index (Phi) is 6.21. The summed E-state index contributed by atoms with van der Waals surface area (Å²) in [5.41, 5.74) is 10.1. The van der Waals surface area contributed by atoms with E-state index >= 15 is 0 Å². The molecule has 1 aromatic carbocycles. The van der Waals surface area contributed by atoms with Crippen LogP contribution in [0.2, 0.25) is 0 Å². The van der Waals surface area contributed by atoms with Crippen LogP contribution in [0.5, 0.6) is 6.01 Å². The molecule has 0 atom stereocenters. The van der Waals surface area contributed by atoms with E-state index in [1.54, 1.807) is 10.7 Å². The third-order valence-corrected chi connectivity index (χ3v) is 5.09. The summed E-state index contributed by atoms with van der Waals surface area (Å²) in [5.74, 6) is 0.332. The van der Waals surface area contributed by atoms with E-state index in [1.165, 1.54) is 11.1 Å². The van der Waals surface area contributed by atoms with Crippen LogP contribution < -0.4 is 10.5 Å². The van der Waals surface area contributed by atoms with E-state index in [0.29, 0.717) is 30.5 Å². The second-order valence-corrected chi connectivity index (χ2v) is 7.35. The lowest BCUT2D eigenvalue weighted by Crippen LogP contribution is -2.35. The lowest BCUT2D eigenvalue weighted by molar-refractivity contribution is 0.0342. The molecule has 0 amide bonds. The van der Waals surface area contributed by atoms with Gasteiger partial charge in [-0.3, -0.25) is 4.90 Å². The number of aromatic nitrogens is 4. The second kappa shape index (κ2) is 9.19. The number of morpholine rings is 1. The van der Waals surface area contributed by atoms with E-state index in [-0.39, 0.29) is 0 Å². The number of nitrogens with two attached hydrogens (primary N) is 1. The first kappa shape index (κ1) is 19.6. The van der Waals surface area contributed by atoms with Gasteiger partial charge in [-0.25, -0.2) is 9.50 Å². The lowest BCUT2D eigenvalue weighted by atomic mass is 10.1. The van der Waals surface area contributed by atoms with Crippen molar-refractivity contribution in [3.63, 3.8) is 0 Å². The van der Waals surface area contributed by atoms with Crippen LogP contribution in [0.25, 0.3) is 5.65 Å². The Morgan fingerprint density at radius 3 is 2.66 bits per heavy atom. The topological polar surface area (TPSA) is 90.8 Å². The maximum Gasteiger partial charge on any atom is 0.336 e. The lowest BCUT2D eigenvalue weighted by Gasteiger charge is -2.26. The Bertz CT molecular complexity index is 934. The summed E-state index contributed by atoms with van der Waals surface area (Å²) >= 11 is 0. The SMILES string of the molecule is CCCCOc1nc(N)c2ncc(Cc3ccc(CN4CCOCC4)cc3)n2n1. The molecule has 1 aliphatic heterocycles. The van der Waals surface area contributed by atoms with Crippen LogP contribution in [-0.4, -0.2) is 57.4 Å². The smallest absolute Gasteiger partial charge is 0.336 e. The number of imidazole rings is 1. The highest BCUT2D eigenvalue weighted by Crippen LogP contribution is 2.18. The predicted octanol–water partition coefficient (Wildman–Crippen LogP) is 2.31. The Morgan fingerprint density at radius 2 is 1.90 bits per heavy atom. The van der Waals surface area contributed by atoms with E-state index in [2.05, 4.69) is 51.2 Å². The maximum atomic E-state index is 6.05. The molecule has 154 valence electrons. The van der Waals surface area contributed by atoms with Crippen molar-refractivity contribution in [2.45, 2.75) is 32.7 Å². The zero-order chi connectivity index (χ0) is 20.1. The van der Waals surface area contributed by atoms with E-state index in [4.69, 9.17) is 15.2 Å². The molecule has 29 heavy (non-hydrogen) atoms. The van der Waals surface area contributed by atoms with E-state index < -0.39 is 0 Å².